The highest BCUT2D eigenvalue weighted by Gasteiger charge is 2.33. The minimum atomic E-state index is -4.54. The normalized spacial score (nSPS) is 11.5. The largest absolute Gasteiger partial charge is 0.444 e. The second-order valence-electron chi connectivity index (χ2n) is 5.41. The van der Waals surface area contributed by atoms with Gasteiger partial charge in [0.25, 0.3) is 0 Å². The quantitative estimate of drug-likeness (QED) is 0.656. The third-order valence-electron chi connectivity index (χ3n) is 2.37. The minimum Gasteiger partial charge on any atom is -0.444 e. The van der Waals surface area contributed by atoms with Crippen molar-refractivity contribution in [2.45, 2.75) is 39.1 Å². The van der Waals surface area contributed by atoms with Gasteiger partial charge in [-0.3, -0.25) is 0 Å². The zero-order chi connectivity index (χ0) is 17.0. The number of thiocarbonyl (C=S) groups is 1. The minimum absolute atomic E-state index is 0.00694. The van der Waals surface area contributed by atoms with Gasteiger partial charge >= 0.3 is 12.3 Å². The first-order valence-electron chi connectivity index (χ1n) is 6.28. The molecule has 22 heavy (non-hydrogen) atoms. The van der Waals surface area contributed by atoms with Gasteiger partial charge in [0, 0.05) is 6.54 Å². The number of amides is 1. The number of carbonyl (C=O) groups excluding carboxylic acids is 1. The van der Waals surface area contributed by atoms with Crippen molar-refractivity contribution in [3.05, 3.63) is 29.3 Å². The van der Waals surface area contributed by atoms with Crippen LogP contribution in [-0.4, -0.2) is 16.9 Å². The van der Waals surface area contributed by atoms with E-state index in [9.17, 15) is 18.0 Å². The maximum absolute atomic E-state index is 12.8. The molecule has 0 heterocycles. The Morgan fingerprint density at radius 1 is 1.36 bits per heavy atom. The molecular formula is C14H15F3N2O2S. The van der Waals surface area contributed by atoms with Crippen LogP contribution in [0, 0.1) is 0 Å². The van der Waals surface area contributed by atoms with Gasteiger partial charge in [-0.2, -0.15) is 18.2 Å². The lowest BCUT2D eigenvalue weighted by atomic mass is 10.1. The number of hydrogen-bond donors (Lipinski definition) is 1. The van der Waals surface area contributed by atoms with E-state index in [1.54, 1.807) is 20.8 Å². The number of ether oxygens (including phenoxy) is 1. The molecule has 8 heteroatoms. The molecule has 0 atom stereocenters. The van der Waals surface area contributed by atoms with Crippen molar-refractivity contribution < 1.29 is 22.7 Å². The molecule has 0 bridgehead atoms. The van der Waals surface area contributed by atoms with E-state index < -0.39 is 23.4 Å². The molecule has 1 N–H and O–H groups in total. The average Bonchev–Trinajstić information content (AvgIpc) is 2.33. The van der Waals surface area contributed by atoms with E-state index in [1.165, 1.54) is 12.1 Å². The van der Waals surface area contributed by atoms with Crippen molar-refractivity contribution in [1.82, 2.24) is 5.32 Å². The number of carbonyl (C=O) groups is 1. The summed E-state index contributed by atoms with van der Waals surface area (Å²) >= 11 is 4.35. The summed E-state index contributed by atoms with van der Waals surface area (Å²) in [5.74, 6) is 0. The highest BCUT2D eigenvalue weighted by Crippen LogP contribution is 2.36. The summed E-state index contributed by atoms with van der Waals surface area (Å²) in [5, 5.41) is 4.37. The molecule has 120 valence electrons. The van der Waals surface area contributed by atoms with Crippen molar-refractivity contribution in [1.29, 1.82) is 0 Å². The van der Waals surface area contributed by atoms with Crippen LogP contribution in [0.3, 0.4) is 0 Å². The summed E-state index contributed by atoms with van der Waals surface area (Å²) in [7, 11) is 0. The second kappa shape index (κ2) is 6.89. The molecule has 0 saturated heterocycles. The molecular weight excluding hydrogens is 317 g/mol. The van der Waals surface area contributed by atoms with E-state index in [4.69, 9.17) is 4.74 Å². The lowest BCUT2D eigenvalue weighted by Crippen LogP contribution is -2.32. The Balaban J connectivity index is 2.88. The third kappa shape index (κ3) is 5.83. The number of nitrogens with zero attached hydrogens (tertiary/aromatic N) is 1. The van der Waals surface area contributed by atoms with Crippen molar-refractivity contribution >= 4 is 29.2 Å². The van der Waals surface area contributed by atoms with Gasteiger partial charge in [-0.1, -0.05) is 6.07 Å². The second-order valence-corrected chi connectivity index (χ2v) is 5.59. The Morgan fingerprint density at radius 3 is 2.50 bits per heavy atom. The number of isothiocyanates is 1. The Labute approximate surface area is 131 Å². The molecule has 1 rings (SSSR count). The number of hydrogen-bond acceptors (Lipinski definition) is 4. The third-order valence-corrected chi connectivity index (χ3v) is 2.46. The molecule has 0 unspecified atom stereocenters. The van der Waals surface area contributed by atoms with Gasteiger partial charge in [0.15, 0.2) is 0 Å². The molecule has 0 aromatic heterocycles. The lowest BCUT2D eigenvalue weighted by molar-refractivity contribution is -0.137. The van der Waals surface area contributed by atoms with Crippen molar-refractivity contribution in [2.24, 2.45) is 4.99 Å². The Hall–Kier alpha value is -1.92. The summed E-state index contributed by atoms with van der Waals surface area (Å²) in [6.45, 7) is 5.12. The highest BCUT2D eigenvalue weighted by atomic mass is 32.1. The molecule has 1 amide bonds. The molecule has 0 spiro atoms. The Morgan fingerprint density at radius 2 is 2.00 bits per heavy atom. The Kier molecular flexibility index (Phi) is 5.68. The highest BCUT2D eigenvalue weighted by molar-refractivity contribution is 7.78. The van der Waals surface area contributed by atoms with Crippen molar-refractivity contribution in [2.75, 3.05) is 0 Å². The summed E-state index contributed by atoms with van der Waals surface area (Å²) < 4.78 is 43.4. The maximum atomic E-state index is 12.8. The number of rotatable bonds is 3. The summed E-state index contributed by atoms with van der Waals surface area (Å²) in [6.07, 6.45) is -5.20. The van der Waals surface area contributed by atoms with Crippen LogP contribution in [0.5, 0.6) is 0 Å². The van der Waals surface area contributed by atoms with E-state index in [1.807, 2.05) is 5.16 Å². The van der Waals surface area contributed by atoms with Gasteiger partial charge < -0.3 is 10.1 Å². The molecule has 1 aromatic carbocycles. The molecule has 0 radical (unpaired) electrons. The van der Waals surface area contributed by atoms with E-state index in [2.05, 4.69) is 22.5 Å². The van der Waals surface area contributed by atoms with Crippen LogP contribution >= 0.6 is 12.2 Å². The van der Waals surface area contributed by atoms with E-state index in [-0.39, 0.29) is 12.2 Å². The predicted octanol–water partition coefficient (Wildman–Crippen LogP) is 4.46. The monoisotopic (exact) mass is 332 g/mol. The van der Waals surface area contributed by atoms with Crippen LogP contribution in [0.15, 0.2) is 23.2 Å². The fourth-order valence-electron chi connectivity index (χ4n) is 1.56. The standard InChI is InChI=1S/C14H15F3N2O2S/c1-13(2,3)21-12(20)18-7-9-4-5-10(14(15,16)17)11(6-9)19-8-22/h4-6H,7H2,1-3H3,(H,18,20). The number of halogens is 3. The SMILES string of the molecule is CC(C)(C)OC(=O)NCc1ccc(C(F)(F)F)c(N=C=S)c1. The number of aliphatic imine (C=N–C) groups is 1. The van der Waals surface area contributed by atoms with Crippen LogP contribution in [0.4, 0.5) is 23.7 Å². The number of nitrogens with one attached hydrogen (secondary N) is 1. The Bertz CT molecular complexity index is 603. The summed E-state index contributed by atoms with van der Waals surface area (Å²) in [6, 6.07) is 3.33. The van der Waals surface area contributed by atoms with Gasteiger partial charge in [-0.05, 0) is 50.7 Å². The van der Waals surface area contributed by atoms with Gasteiger partial charge in [0.2, 0.25) is 0 Å². The first-order valence-corrected chi connectivity index (χ1v) is 6.68. The molecule has 0 aliphatic rings. The van der Waals surface area contributed by atoms with Crippen molar-refractivity contribution in [3.8, 4) is 0 Å². The van der Waals surface area contributed by atoms with Crippen LogP contribution in [0.25, 0.3) is 0 Å². The zero-order valence-corrected chi connectivity index (χ0v) is 13.1. The van der Waals surface area contributed by atoms with E-state index >= 15 is 0 Å². The molecule has 4 nitrogen and oxygen atoms in total. The summed E-state index contributed by atoms with van der Waals surface area (Å²) in [4.78, 5) is 14.9. The van der Waals surface area contributed by atoms with Crippen LogP contribution < -0.4 is 5.32 Å². The average molecular weight is 332 g/mol. The molecule has 0 saturated carbocycles. The van der Waals surface area contributed by atoms with Crippen LogP contribution in [0.2, 0.25) is 0 Å². The molecule has 0 aliphatic carbocycles. The van der Waals surface area contributed by atoms with Gasteiger partial charge in [0.05, 0.1) is 16.4 Å². The molecule has 0 fully saturated rings. The first kappa shape index (κ1) is 18.1. The number of benzene rings is 1. The lowest BCUT2D eigenvalue weighted by Gasteiger charge is -2.19. The van der Waals surface area contributed by atoms with E-state index in [0.29, 0.717) is 5.56 Å². The van der Waals surface area contributed by atoms with E-state index in [0.717, 1.165) is 6.07 Å². The van der Waals surface area contributed by atoms with Gasteiger partial charge in [0.1, 0.15) is 5.60 Å². The smallest absolute Gasteiger partial charge is 0.418 e. The fourth-order valence-corrected chi connectivity index (χ4v) is 1.66. The van der Waals surface area contributed by atoms with Gasteiger partial charge in [-0.15, -0.1) is 0 Å². The fraction of sp³-hybridized carbons (Fsp3) is 0.429. The van der Waals surface area contributed by atoms with Crippen molar-refractivity contribution in [3.63, 3.8) is 0 Å². The van der Waals surface area contributed by atoms with Crippen LogP contribution in [0.1, 0.15) is 31.9 Å². The summed E-state index contributed by atoms with van der Waals surface area (Å²) in [5.41, 5.74) is -1.48. The predicted molar refractivity (Wildman–Crippen MR) is 79.2 cm³/mol. The first-order chi connectivity index (χ1) is 10.0. The molecule has 1 aromatic rings. The zero-order valence-electron chi connectivity index (χ0n) is 12.2. The maximum Gasteiger partial charge on any atom is 0.418 e. The molecule has 0 aliphatic heterocycles. The number of alkyl halides is 3. The van der Waals surface area contributed by atoms with Gasteiger partial charge in [-0.25, -0.2) is 4.79 Å². The number of alkyl carbamates (subject to hydrolysis) is 1. The topological polar surface area (TPSA) is 50.7 Å². The van der Waals surface area contributed by atoms with Crippen LogP contribution in [-0.2, 0) is 17.5 Å².